The number of nitrogens with zero attached hydrogens (tertiary/aromatic N) is 3. The molecule has 2 heterocycles. The van der Waals surface area contributed by atoms with E-state index in [1.807, 2.05) is 30.3 Å². The number of carbonyl (C=O) groups excluding carboxylic acids is 1. The number of hydrogen-bond donors (Lipinski definition) is 2. The second-order valence-electron chi connectivity index (χ2n) is 7.40. The van der Waals surface area contributed by atoms with Crippen molar-refractivity contribution < 1.29 is 9.18 Å². The Kier molecular flexibility index (Phi) is 5.88. The van der Waals surface area contributed by atoms with E-state index >= 15 is 0 Å². The van der Waals surface area contributed by atoms with Crippen LogP contribution in [0.15, 0.2) is 54.6 Å². The van der Waals surface area contributed by atoms with Crippen LogP contribution >= 0.6 is 0 Å². The molecule has 1 fully saturated rings. The number of hydrogen-bond acceptors (Lipinski definition) is 4. The SMILES string of the molecule is Cc1c(F)cccc1NC(=O)Nc1cccc(-c2ccc(N3CCCCC3)nn2)c1. The summed E-state index contributed by atoms with van der Waals surface area (Å²) in [5.74, 6) is 0.541. The highest BCUT2D eigenvalue weighted by atomic mass is 19.1. The number of benzene rings is 2. The number of anilines is 3. The Morgan fingerprint density at radius 3 is 2.53 bits per heavy atom. The van der Waals surface area contributed by atoms with Gasteiger partial charge >= 0.3 is 6.03 Å². The van der Waals surface area contributed by atoms with E-state index in [0.717, 1.165) is 30.2 Å². The van der Waals surface area contributed by atoms with Crippen LogP contribution in [0, 0.1) is 12.7 Å². The molecule has 0 atom stereocenters. The third-order valence-corrected chi connectivity index (χ3v) is 5.26. The van der Waals surface area contributed by atoms with Gasteiger partial charge in [0.25, 0.3) is 0 Å². The van der Waals surface area contributed by atoms with Crippen LogP contribution in [-0.2, 0) is 0 Å². The minimum atomic E-state index is -0.438. The van der Waals surface area contributed by atoms with Crippen molar-refractivity contribution >= 4 is 23.2 Å². The molecule has 1 saturated heterocycles. The molecular formula is C23H24FN5O. The maximum absolute atomic E-state index is 13.7. The summed E-state index contributed by atoms with van der Waals surface area (Å²) in [5, 5.41) is 14.2. The summed E-state index contributed by atoms with van der Waals surface area (Å²) in [6.07, 6.45) is 3.65. The molecule has 2 amide bonds. The van der Waals surface area contributed by atoms with Gasteiger partial charge in [-0.1, -0.05) is 18.2 Å². The van der Waals surface area contributed by atoms with Crippen LogP contribution in [0.4, 0.5) is 26.4 Å². The van der Waals surface area contributed by atoms with Gasteiger partial charge in [0.15, 0.2) is 5.82 Å². The van der Waals surface area contributed by atoms with Gasteiger partial charge < -0.3 is 15.5 Å². The smallest absolute Gasteiger partial charge is 0.323 e. The van der Waals surface area contributed by atoms with Crippen LogP contribution in [0.3, 0.4) is 0 Å². The average molecular weight is 405 g/mol. The summed E-state index contributed by atoms with van der Waals surface area (Å²) in [6.45, 7) is 3.67. The van der Waals surface area contributed by atoms with Crippen molar-refractivity contribution in [2.75, 3.05) is 28.6 Å². The first-order valence-corrected chi connectivity index (χ1v) is 10.1. The molecule has 6 nitrogen and oxygen atoms in total. The van der Waals surface area contributed by atoms with Crippen molar-refractivity contribution in [2.45, 2.75) is 26.2 Å². The van der Waals surface area contributed by atoms with E-state index in [2.05, 4.69) is 25.7 Å². The van der Waals surface area contributed by atoms with Crippen LogP contribution in [0.1, 0.15) is 24.8 Å². The number of amides is 2. The molecule has 30 heavy (non-hydrogen) atoms. The molecule has 0 radical (unpaired) electrons. The number of urea groups is 1. The number of piperidine rings is 1. The molecule has 1 aliphatic rings. The van der Waals surface area contributed by atoms with Crippen LogP contribution in [-0.4, -0.2) is 29.3 Å². The van der Waals surface area contributed by atoms with Crippen LogP contribution in [0.25, 0.3) is 11.3 Å². The molecule has 0 unspecified atom stereocenters. The van der Waals surface area contributed by atoms with Crippen molar-refractivity contribution in [3.8, 4) is 11.3 Å². The summed E-state index contributed by atoms with van der Waals surface area (Å²) in [4.78, 5) is 14.6. The van der Waals surface area contributed by atoms with Crippen molar-refractivity contribution in [1.29, 1.82) is 0 Å². The van der Waals surface area contributed by atoms with Gasteiger partial charge in [0.1, 0.15) is 5.82 Å². The van der Waals surface area contributed by atoms with Gasteiger partial charge in [-0.15, -0.1) is 10.2 Å². The third-order valence-electron chi connectivity index (χ3n) is 5.26. The first-order valence-electron chi connectivity index (χ1n) is 10.1. The van der Waals surface area contributed by atoms with Gasteiger partial charge in [-0.2, -0.15) is 0 Å². The lowest BCUT2D eigenvalue weighted by Gasteiger charge is -2.27. The molecule has 3 aromatic rings. The molecular weight excluding hydrogens is 381 g/mol. The van der Waals surface area contributed by atoms with E-state index in [1.54, 1.807) is 25.1 Å². The Bertz CT molecular complexity index is 1030. The molecule has 0 bridgehead atoms. The summed E-state index contributed by atoms with van der Waals surface area (Å²) >= 11 is 0. The fraction of sp³-hybridized carbons (Fsp3) is 0.261. The Labute approximate surface area is 175 Å². The van der Waals surface area contributed by atoms with Crippen molar-refractivity contribution in [1.82, 2.24) is 10.2 Å². The lowest BCUT2D eigenvalue weighted by Crippen LogP contribution is -2.30. The first kappa shape index (κ1) is 19.8. The van der Waals surface area contributed by atoms with Gasteiger partial charge in [0, 0.05) is 35.6 Å². The van der Waals surface area contributed by atoms with Gasteiger partial charge in [-0.3, -0.25) is 0 Å². The van der Waals surface area contributed by atoms with E-state index < -0.39 is 6.03 Å². The maximum Gasteiger partial charge on any atom is 0.323 e. The predicted octanol–water partition coefficient (Wildman–Crippen LogP) is 5.23. The largest absolute Gasteiger partial charge is 0.355 e. The summed E-state index contributed by atoms with van der Waals surface area (Å²) in [7, 11) is 0. The molecule has 2 aromatic carbocycles. The molecule has 154 valence electrons. The highest BCUT2D eigenvalue weighted by Crippen LogP contribution is 2.24. The Balaban J connectivity index is 1.44. The first-order chi connectivity index (χ1) is 14.6. The number of aromatic nitrogens is 2. The van der Waals surface area contributed by atoms with Crippen molar-refractivity contribution in [2.24, 2.45) is 0 Å². The minimum Gasteiger partial charge on any atom is -0.355 e. The number of halogens is 1. The van der Waals surface area contributed by atoms with Crippen LogP contribution < -0.4 is 15.5 Å². The zero-order valence-corrected chi connectivity index (χ0v) is 16.9. The fourth-order valence-electron chi connectivity index (χ4n) is 3.55. The predicted molar refractivity (Wildman–Crippen MR) is 117 cm³/mol. The molecule has 0 saturated carbocycles. The average Bonchev–Trinajstić information content (AvgIpc) is 2.78. The number of rotatable bonds is 4. The summed E-state index contributed by atoms with van der Waals surface area (Å²) < 4.78 is 13.7. The van der Waals surface area contributed by atoms with Crippen LogP contribution in [0.5, 0.6) is 0 Å². The second-order valence-corrected chi connectivity index (χ2v) is 7.40. The van der Waals surface area contributed by atoms with Gasteiger partial charge in [-0.05, 0) is 62.6 Å². The normalized spacial score (nSPS) is 13.7. The Hall–Kier alpha value is -3.48. The molecule has 4 rings (SSSR count). The van der Waals surface area contributed by atoms with E-state index in [-0.39, 0.29) is 5.82 Å². The quantitative estimate of drug-likeness (QED) is 0.624. The molecule has 0 aliphatic carbocycles. The topological polar surface area (TPSA) is 70.2 Å². The molecule has 2 N–H and O–H groups in total. The minimum absolute atomic E-state index is 0.360. The summed E-state index contributed by atoms with van der Waals surface area (Å²) in [6, 6.07) is 15.5. The molecule has 1 aliphatic heterocycles. The third kappa shape index (κ3) is 4.56. The van der Waals surface area contributed by atoms with Crippen molar-refractivity contribution in [3.05, 3.63) is 66.0 Å². The monoisotopic (exact) mass is 405 g/mol. The van der Waals surface area contributed by atoms with E-state index in [1.165, 1.54) is 25.3 Å². The lowest BCUT2D eigenvalue weighted by atomic mass is 10.1. The Morgan fingerprint density at radius 1 is 0.967 bits per heavy atom. The van der Waals surface area contributed by atoms with Gasteiger partial charge in [0.05, 0.1) is 5.69 Å². The highest BCUT2D eigenvalue weighted by Gasteiger charge is 2.13. The van der Waals surface area contributed by atoms with E-state index in [0.29, 0.717) is 16.9 Å². The molecule has 0 spiro atoms. The van der Waals surface area contributed by atoms with E-state index in [9.17, 15) is 9.18 Å². The zero-order chi connectivity index (χ0) is 20.9. The molecule has 7 heteroatoms. The van der Waals surface area contributed by atoms with E-state index in [4.69, 9.17) is 0 Å². The van der Waals surface area contributed by atoms with Gasteiger partial charge in [-0.25, -0.2) is 9.18 Å². The Morgan fingerprint density at radius 2 is 1.77 bits per heavy atom. The van der Waals surface area contributed by atoms with Gasteiger partial charge in [0.2, 0.25) is 0 Å². The van der Waals surface area contributed by atoms with Crippen LogP contribution in [0.2, 0.25) is 0 Å². The highest BCUT2D eigenvalue weighted by molar-refractivity contribution is 6.00. The maximum atomic E-state index is 13.7. The van der Waals surface area contributed by atoms with Crippen molar-refractivity contribution in [3.63, 3.8) is 0 Å². The zero-order valence-electron chi connectivity index (χ0n) is 16.9. The fourth-order valence-corrected chi connectivity index (χ4v) is 3.55. The standard InChI is InChI=1S/C23H24FN5O/c1-16-19(24)9-6-10-20(16)26-23(30)25-18-8-5-7-17(15-18)21-11-12-22(28-27-21)29-13-3-2-4-14-29/h5-12,15H,2-4,13-14H2,1H3,(H2,25,26,30). The second kappa shape index (κ2) is 8.90. The number of carbonyl (C=O) groups is 1. The summed E-state index contributed by atoms with van der Waals surface area (Å²) in [5.41, 5.74) is 3.03. The molecule has 1 aromatic heterocycles. The lowest BCUT2D eigenvalue weighted by molar-refractivity contribution is 0.262. The number of nitrogens with one attached hydrogen (secondary N) is 2.